The van der Waals surface area contributed by atoms with Crippen molar-refractivity contribution in [1.82, 2.24) is 10.2 Å². The van der Waals surface area contributed by atoms with Crippen molar-refractivity contribution in [3.63, 3.8) is 0 Å². The van der Waals surface area contributed by atoms with Crippen molar-refractivity contribution in [2.45, 2.75) is 19.1 Å². The first-order chi connectivity index (χ1) is 10.8. The van der Waals surface area contributed by atoms with Crippen molar-refractivity contribution >= 4 is 17.3 Å². The maximum atomic E-state index is 10.7. The quantitative estimate of drug-likeness (QED) is 0.851. The van der Waals surface area contributed by atoms with Gasteiger partial charge in [0, 0.05) is 19.6 Å². The van der Waals surface area contributed by atoms with Gasteiger partial charge in [0.25, 0.3) is 0 Å². The highest BCUT2D eigenvalue weighted by Crippen LogP contribution is 2.26. The molecule has 1 fully saturated rings. The lowest BCUT2D eigenvalue weighted by Crippen LogP contribution is -2.45. The first kappa shape index (κ1) is 15.0. The lowest BCUT2D eigenvalue weighted by Gasteiger charge is -2.31. The summed E-state index contributed by atoms with van der Waals surface area (Å²) < 4.78 is 0. The van der Waals surface area contributed by atoms with Gasteiger partial charge < -0.3 is 15.3 Å². The number of aliphatic hydroxyl groups excluding tert-OH is 1. The Hall–Kier alpha value is -1.91. The average molecular weight is 312 g/mol. The molecule has 2 aromatic rings. The summed E-state index contributed by atoms with van der Waals surface area (Å²) >= 11 is 5.38. The molecule has 0 spiro atoms. The molecule has 0 amide bonds. The Morgan fingerprint density at radius 3 is 2.59 bits per heavy atom. The number of aliphatic hydroxyl groups is 1. The Kier molecular flexibility index (Phi) is 4.71. The summed E-state index contributed by atoms with van der Waals surface area (Å²) in [5.74, 6) is 0. The van der Waals surface area contributed by atoms with Crippen LogP contribution in [0.2, 0.25) is 0 Å². The normalized spacial score (nSPS) is 16.2. The van der Waals surface area contributed by atoms with Gasteiger partial charge in [0.2, 0.25) is 0 Å². The number of thiocarbonyl (C=S) groups is 1. The largest absolute Gasteiger partial charge is 0.384 e. The van der Waals surface area contributed by atoms with Crippen LogP contribution in [0.4, 0.5) is 0 Å². The highest BCUT2D eigenvalue weighted by molar-refractivity contribution is 7.80. The van der Waals surface area contributed by atoms with Crippen molar-refractivity contribution < 1.29 is 5.11 Å². The Bertz CT molecular complexity index is 645. The van der Waals surface area contributed by atoms with Gasteiger partial charge >= 0.3 is 0 Å². The smallest absolute Gasteiger partial charge is 0.169 e. The second kappa shape index (κ2) is 6.90. The van der Waals surface area contributed by atoms with Crippen LogP contribution in [0, 0.1) is 0 Å². The van der Waals surface area contributed by atoms with Crippen LogP contribution < -0.4 is 5.32 Å². The van der Waals surface area contributed by atoms with Crippen LogP contribution in [0.15, 0.2) is 54.6 Å². The van der Waals surface area contributed by atoms with Crippen LogP contribution >= 0.6 is 12.2 Å². The number of rotatable bonds is 4. The van der Waals surface area contributed by atoms with Crippen LogP contribution in [0.25, 0.3) is 0 Å². The van der Waals surface area contributed by atoms with E-state index in [1.165, 1.54) is 0 Å². The van der Waals surface area contributed by atoms with Gasteiger partial charge in [0.15, 0.2) is 5.11 Å². The summed E-state index contributed by atoms with van der Waals surface area (Å²) in [7, 11) is 0. The fraction of sp³-hybridized carbons (Fsp3) is 0.278. The monoisotopic (exact) mass is 312 g/mol. The standard InChI is InChI=1S/C18H20N2OS/c21-17(14-7-2-1-3-8-14)16-10-5-4-9-15(16)13-20-12-6-11-19-18(20)22/h1-5,7-10,17,21H,6,11-13H2,(H,19,22)/t17-/m0/s1. The zero-order chi connectivity index (χ0) is 15.4. The van der Waals surface area contributed by atoms with Crippen LogP contribution in [0.5, 0.6) is 0 Å². The van der Waals surface area contributed by atoms with Gasteiger partial charge in [-0.05, 0) is 35.3 Å². The maximum absolute atomic E-state index is 10.7. The van der Waals surface area contributed by atoms with Crippen LogP contribution in [0.3, 0.4) is 0 Å². The molecule has 0 saturated carbocycles. The molecule has 1 atom stereocenters. The molecule has 1 aliphatic heterocycles. The van der Waals surface area contributed by atoms with E-state index in [0.29, 0.717) is 0 Å². The number of nitrogens with one attached hydrogen (secondary N) is 1. The molecule has 3 rings (SSSR count). The van der Waals surface area contributed by atoms with Crippen LogP contribution in [0.1, 0.15) is 29.2 Å². The molecule has 2 aromatic carbocycles. The Labute approximate surface area is 136 Å². The summed E-state index contributed by atoms with van der Waals surface area (Å²) in [5.41, 5.74) is 2.97. The summed E-state index contributed by atoms with van der Waals surface area (Å²) in [6.07, 6.45) is 0.479. The minimum Gasteiger partial charge on any atom is -0.384 e. The van der Waals surface area contributed by atoms with Gasteiger partial charge in [-0.3, -0.25) is 0 Å². The second-order valence-corrected chi connectivity index (χ2v) is 5.91. The molecule has 1 saturated heterocycles. The Balaban J connectivity index is 1.85. The van der Waals surface area contributed by atoms with E-state index in [2.05, 4.69) is 16.3 Å². The third kappa shape index (κ3) is 3.29. The molecule has 22 heavy (non-hydrogen) atoms. The van der Waals surface area contributed by atoms with E-state index in [0.717, 1.165) is 47.9 Å². The van der Waals surface area contributed by atoms with Crippen molar-refractivity contribution in [3.8, 4) is 0 Å². The highest BCUT2D eigenvalue weighted by Gasteiger charge is 2.19. The lowest BCUT2D eigenvalue weighted by molar-refractivity contribution is 0.217. The van der Waals surface area contributed by atoms with Gasteiger partial charge in [-0.15, -0.1) is 0 Å². The fourth-order valence-corrected chi connectivity index (χ4v) is 3.05. The fourth-order valence-electron chi connectivity index (χ4n) is 2.79. The van der Waals surface area contributed by atoms with Gasteiger partial charge in [0.05, 0.1) is 0 Å². The van der Waals surface area contributed by atoms with Crippen molar-refractivity contribution in [1.29, 1.82) is 0 Å². The molecule has 4 heteroatoms. The van der Waals surface area contributed by atoms with Gasteiger partial charge in [-0.1, -0.05) is 54.6 Å². The number of benzene rings is 2. The van der Waals surface area contributed by atoms with E-state index in [1.54, 1.807) is 0 Å². The molecule has 0 aliphatic carbocycles. The molecule has 0 aromatic heterocycles. The van der Waals surface area contributed by atoms with E-state index < -0.39 is 6.10 Å². The molecule has 1 heterocycles. The molecule has 1 aliphatic rings. The van der Waals surface area contributed by atoms with Crippen LogP contribution in [-0.4, -0.2) is 28.2 Å². The molecular formula is C18H20N2OS. The summed E-state index contributed by atoms with van der Waals surface area (Å²) in [6, 6.07) is 17.8. The average Bonchev–Trinajstić information content (AvgIpc) is 2.58. The highest BCUT2D eigenvalue weighted by atomic mass is 32.1. The summed E-state index contributed by atoms with van der Waals surface area (Å²) in [4.78, 5) is 2.16. The van der Waals surface area contributed by atoms with E-state index in [9.17, 15) is 5.11 Å². The molecule has 0 radical (unpaired) electrons. The summed E-state index contributed by atoms with van der Waals surface area (Å²) in [5, 5.41) is 14.7. The lowest BCUT2D eigenvalue weighted by atomic mass is 9.96. The van der Waals surface area contributed by atoms with E-state index in [1.807, 2.05) is 48.5 Å². The van der Waals surface area contributed by atoms with Crippen LogP contribution in [-0.2, 0) is 6.54 Å². The second-order valence-electron chi connectivity index (χ2n) is 5.52. The molecule has 3 nitrogen and oxygen atoms in total. The number of hydrogen-bond donors (Lipinski definition) is 2. The minimum absolute atomic E-state index is 0.608. The zero-order valence-electron chi connectivity index (χ0n) is 12.4. The van der Waals surface area contributed by atoms with E-state index in [-0.39, 0.29) is 0 Å². The van der Waals surface area contributed by atoms with Crippen molar-refractivity contribution in [2.75, 3.05) is 13.1 Å². The predicted octanol–water partition coefficient (Wildman–Crippen LogP) is 2.85. The first-order valence-corrected chi connectivity index (χ1v) is 8.00. The molecule has 2 N–H and O–H groups in total. The topological polar surface area (TPSA) is 35.5 Å². The third-order valence-corrected chi connectivity index (χ3v) is 4.40. The molecule has 0 unspecified atom stereocenters. The van der Waals surface area contributed by atoms with Gasteiger partial charge in [-0.2, -0.15) is 0 Å². The van der Waals surface area contributed by atoms with Crippen molar-refractivity contribution in [2.24, 2.45) is 0 Å². The third-order valence-electron chi connectivity index (χ3n) is 3.99. The number of hydrogen-bond acceptors (Lipinski definition) is 2. The van der Waals surface area contributed by atoms with Gasteiger partial charge in [-0.25, -0.2) is 0 Å². The van der Waals surface area contributed by atoms with E-state index >= 15 is 0 Å². The Morgan fingerprint density at radius 2 is 1.82 bits per heavy atom. The van der Waals surface area contributed by atoms with Gasteiger partial charge in [0.1, 0.15) is 6.10 Å². The molecule has 114 valence electrons. The Morgan fingerprint density at radius 1 is 1.09 bits per heavy atom. The van der Waals surface area contributed by atoms with E-state index in [4.69, 9.17) is 12.2 Å². The van der Waals surface area contributed by atoms with Crippen molar-refractivity contribution in [3.05, 3.63) is 71.3 Å². The predicted molar refractivity (Wildman–Crippen MR) is 92.6 cm³/mol. The summed E-state index contributed by atoms with van der Waals surface area (Å²) in [6.45, 7) is 2.64. The first-order valence-electron chi connectivity index (χ1n) is 7.59. The number of nitrogens with zero attached hydrogens (tertiary/aromatic N) is 1. The minimum atomic E-state index is -0.608. The maximum Gasteiger partial charge on any atom is 0.169 e. The SMILES string of the molecule is O[C@@H](c1ccccc1)c1ccccc1CN1CCCNC1=S. The zero-order valence-corrected chi connectivity index (χ0v) is 13.2. The molecule has 0 bridgehead atoms. The molecular weight excluding hydrogens is 292 g/mol.